The lowest BCUT2D eigenvalue weighted by Gasteiger charge is -2.65. The Balaban J connectivity index is 1.67. The van der Waals surface area contributed by atoms with Crippen molar-refractivity contribution >= 4 is 5.97 Å². The molecular formula is C24H40O2. The van der Waals surface area contributed by atoms with Crippen LogP contribution in [0.25, 0.3) is 0 Å². The van der Waals surface area contributed by atoms with Crippen LogP contribution >= 0.6 is 0 Å². The van der Waals surface area contributed by atoms with E-state index in [1.54, 1.807) is 0 Å². The number of carboxylic acid groups (broad SMARTS) is 1. The molecule has 0 spiro atoms. The number of hydrogen-bond donors (Lipinski definition) is 1. The summed E-state index contributed by atoms with van der Waals surface area (Å²) in [5, 5.41) is 9.88. The molecule has 26 heavy (non-hydrogen) atoms. The van der Waals surface area contributed by atoms with Gasteiger partial charge in [0, 0.05) is 0 Å². The van der Waals surface area contributed by atoms with Gasteiger partial charge in [-0.25, -0.2) is 0 Å². The van der Waals surface area contributed by atoms with Crippen LogP contribution in [-0.4, -0.2) is 11.1 Å². The molecular weight excluding hydrogens is 320 g/mol. The molecule has 2 unspecified atom stereocenters. The van der Waals surface area contributed by atoms with E-state index in [9.17, 15) is 9.90 Å². The number of hydrogen-bond acceptors (Lipinski definition) is 1. The van der Waals surface area contributed by atoms with Gasteiger partial charge >= 0.3 is 5.97 Å². The van der Waals surface area contributed by atoms with Crippen LogP contribution in [-0.2, 0) is 4.79 Å². The van der Waals surface area contributed by atoms with Gasteiger partial charge in [0.1, 0.15) is 0 Å². The Morgan fingerprint density at radius 3 is 2.38 bits per heavy atom. The molecule has 1 N–H and O–H groups in total. The summed E-state index contributed by atoms with van der Waals surface area (Å²) in [6.07, 6.45) is 14.1. The molecule has 4 rings (SSSR count). The first-order valence-electron chi connectivity index (χ1n) is 11.4. The lowest BCUT2D eigenvalue weighted by Crippen LogP contribution is -2.58. The maximum absolute atomic E-state index is 12.0. The molecule has 8 atom stereocenters. The van der Waals surface area contributed by atoms with Crippen molar-refractivity contribution in [3.8, 4) is 0 Å². The third-order valence-corrected chi connectivity index (χ3v) is 10.4. The molecule has 4 fully saturated rings. The minimum Gasteiger partial charge on any atom is -0.481 e. The van der Waals surface area contributed by atoms with Crippen LogP contribution in [0.5, 0.6) is 0 Å². The normalized spacial score (nSPS) is 54.4. The summed E-state index contributed by atoms with van der Waals surface area (Å²) >= 11 is 0. The molecule has 4 saturated carbocycles. The lowest BCUT2D eigenvalue weighted by atomic mass is 9.40. The van der Waals surface area contributed by atoms with Crippen LogP contribution in [0.2, 0.25) is 0 Å². The van der Waals surface area contributed by atoms with Gasteiger partial charge in [-0.2, -0.15) is 0 Å². The highest BCUT2D eigenvalue weighted by molar-refractivity contribution is 5.71. The SMILES string of the molecule is C[C@H]1CCC[C@]2(C)C3CC[C@@]4(C)C(CCC[C@@H]4C(=O)O)[C@@H]3CC[C@]2(C)C1. The second-order valence-electron chi connectivity index (χ2n) is 11.5. The fraction of sp³-hybridized carbons (Fsp3) is 0.958. The van der Waals surface area contributed by atoms with Gasteiger partial charge in [0.05, 0.1) is 5.92 Å². The summed E-state index contributed by atoms with van der Waals surface area (Å²) in [7, 11) is 0. The number of aliphatic carboxylic acids is 1. The minimum absolute atomic E-state index is 0.0490. The molecule has 2 nitrogen and oxygen atoms in total. The summed E-state index contributed by atoms with van der Waals surface area (Å²) in [5.41, 5.74) is 1.02. The number of fused-ring (bicyclic) bond motifs is 5. The van der Waals surface area contributed by atoms with Crippen molar-refractivity contribution in [3.63, 3.8) is 0 Å². The maximum Gasteiger partial charge on any atom is 0.307 e. The van der Waals surface area contributed by atoms with Crippen LogP contribution in [0.3, 0.4) is 0 Å². The maximum atomic E-state index is 12.0. The van der Waals surface area contributed by atoms with Gasteiger partial charge in [0.25, 0.3) is 0 Å². The molecule has 0 aliphatic heterocycles. The molecule has 0 amide bonds. The van der Waals surface area contributed by atoms with E-state index >= 15 is 0 Å². The van der Waals surface area contributed by atoms with Crippen LogP contribution in [0, 0.1) is 45.8 Å². The van der Waals surface area contributed by atoms with Gasteiger partial charge in [-0.3, -0.25) is 4.79 Å². The summed E-state index contributed by atoms with van der Waals surface area (Å²) in [5.74, 6) is 2.51. The first-order chi connectivity index (χ1) is 12.2. The Morgan fingerprint density at radius 1 is 0.885 bits per heavy atom. The van der Waals surface area contributed by atoms with E-state index in [1.165, 1.54) is 51.4 Å². The highest BCUT2D eigenvalue weighted by Gasteiger charge is 2.62. The fourth-order valence-electron chi connectivity index (χ4n) is 8.81. The average molecular weight is 361 g/mol. The standard InChI is InChI=1S/C24H40O2/c1-16-7-6-12-24(4)19-11-14-23(3)18(8-5-9-20(23)21(25)26)17(19)10-13-22(24,2)15-16/h16-20H,5-15H2,1-4H3,(H,25,26)/t16-,17-,18?,19?,20+,22+,23-,24+/m0/s1. The van der Waals surface area contributed by atoms with Crippen LogP contribution in [0.4, 0.5) is 0 Å². The smallest absolute Gasteiger partial charge is 0.307 e. The quantitative estimate of drug-likeness (QED) is 0.576. The zero-order valence-electron chi connectivity index (χ0n) is 17.5. The van der Waals surface area contributed by atoms with Crippen molar-refractivity contribution in [2.45, 2.75) is 98.3 Å². The number of rotatable bonds is 1. The third-order valence-electron chi connectivity index (χ3n) is 10.4. The van der Waals surface area contributed by atoms with E-state index in [2.05, 4.69) is 27.7 Å². The Hall–Kier alpha value is -0.530. The Labute approximate surface area is 160 Å². The second-order valence-corrected chi connectivity index (χ2v) is 11.5. The van der Waals surface area contributed by atoms with E-state index in [1.807, 2.05) is 0 Å². The highest BCUT2D eigenvalue weighted by Crippen LogP contribution is 2.69. The molecule has 2 heteroatoms. The van der Waals surface area contributed by atoms with Crippen molar-refractivity contribution < 1.29 is 9.90 Å². The van der Waals surface area contributed by atoms with E-state index in [-0.39, 0.29) is 11.3 Å². The van der Waals surface area contributed by atoms with Gasteiger partial charge in [-0.15, -0.1) is 0 Å². The van der Waals surface area contributed by atoms with Crippen molar-refractivity contribution in [2.24, 2.45) is 45.8 Å². The highest BCUT2D eigenvalue weighted by atomic mass is 16.4. The summed E-state index contributed by atoms with van der Waals surface area (Å²) in [4.78, 5) is 12.0. The molecule has 4 aliphatic carbocycles. The van der Waals surface area contributed by atoms with Crippen LogP contribution < -0.4 is 0 Å². The van der Waals surface area contributed by atoms with Gasteiger partial charge in [-0.05, 0) is 91.3 Å². The topological polar surface area (TPSA) is 37.3 Å². The van der Waals surface area contributed by atoms with Gasteiger partial charge < -0.3 is 5.11 Å². The molecule has 0 aromatic carbocycles. The molecule has 148 valence electrons. The molecule has 0 aromatic rings. The third kappa shape index (κ3) is 2.53. The predicted octanol–water partition coefficient (Wildman–Crippen LogP) is 6.54. The zero-order valence-corrected chi connectivity index (χ0v) is 17.5. The summed E-state index contributed by atoms with van der Waals surface area (Å²) in [6.45, 7) is 10.1. The predicted molar refractivity (Wildman–Crippen MR) is 106 cm³/mol. The van der Waals surface area contributed by atoms with Gasteiger partial charge in [0.15, 0.2) is 0 Å². The molecule has 0 aromatic heterocycles. The van der Waals surface area contributed by atoms with Gasteiger partial charge in [-0.1, -0.05) is 47.0 Å². The van der Waals surface area contributed by atoms with E-state index in [4.69, 9.17) is 0 Å². The monoisotopic (exact) mass is 360 g/mol. The largest absolute Gasteiger partial charge is 0.481 e. The number of carboxylic acids is 1. The Bertz CT molecular complexity index is 571. The van der Waals surface area contributed by atoms with E-state index < -0.39 is 5.97 Å². The average Bonchev–Trinajstić information content (AvgIpc) is 2.68. The summed E-state index contributed by atoms with van der Waals surface area (Å²) in [6, 6.07) is 0. The van der Waals surface area contributed by atoms with Crippen molar-refractivity contribution in [2.75, 3.05) is 0 Å². The Kier molecular flexibility index (Phi) is 4.52. The fourth-order valence-corrected chi connectivity index (χ4v) is 8.81. The minimum atomic E-state index is -0.522. The molecule has 0 bridgehead atoms. The summed E-state index contributed by atoms with van der Waals surface area (Å²) < 4.78 is 0. The van der Waals surface area contributed by atoms with Crippen molar-refractivity contribution in [1.82, 2.24) is 0 Å². The Morgan fingerprint density at radius 2 is 1.65 bits per heavy atom. The molecule has 0 heterocycles. The van der Waals surface area contributed by atoms with Crippen molar-refractivity contribution in [3.05, 3.63) is 0 Å². The van der Waals surface area contributed by atoms with Gasteiger partial charge in [0.2, 0.25) is 0 Å². The van der Waals surface area contributed by atoms with E-state index in [0.29, 0.717) is 16.7 Å². The van der Waals surface area contributed by atoms with Crippen molar-refractivity contribution in [1.29, 1.82) is 0 Å². The van der Waals surface area contributed by atoms with E-state index in [0.717, 1.165) is 37.0 Å². The molecule has 0 radical (unpaired) electrons. The second kappa shape index (κ2) is 6.24. The lowest BCUT2D eigenvalue weighted by molar-refractivity contribution is -0.176. The molecule has 0 saturated heterocycles. The van der Waals surface area contributed by atoms with Crippen LogP contribution in [0.15, 0.2) is 0 Å². The zero-order chi connectivity index (χ0) is 18.7. The van der Waals surface area contributed by atoms with Crippen LogP contribution in [0.1, 0.15) is 98.3 Å². The first-order valence-corrected chi connectivity index (χ1v) is 11.4. The number of carbonyl (C=O) groups is 1. The first kappa shape index (κ1) is 18.8. The molecule has 4 aliphatic rings.